The van der Waals surface area contributed by atoms with E-state index < -0.39 is 10.0 Å². The van der Waals surface area contributed by atoms with Gasteiger partial charge >= 0.3 is 0 Å². The van der Waals surface area contributed by atoms with E-state index in [0.717, 1.165) is 31.4 Å². The number of amides is 1. The first-order valence-corrected chi connectivity index (χ1v) is 11.4. The molecule has 4 rings (SSSR count). The van der Waals surface area contributed by atoms with Crippen LogP contribution in [0.3, 0.4) is 0 Å². The highest BCUT2D eigenvalue weighted by Crippen LogP contribution is 2.35. The number of nitrogens with zero attached hydrogens (tertiary/aromatic N) is 3. The lowest BCUT2D eigenvalue weighted by atomic mass is 10.1. The van der Waals surface area contributed by atoms with Crippen LogP contribution in [0, 0.1) is 0 Å². The van der Waals surface area contributed by atoms with Crippen molar-refractivity contribution in [2.45, 2.75) is 43.5 Å². The van der Waals surface area contributed by atoms with Crippen LogP contribution in [0.25, 0.3) is 0 Å². The van der Waals surface area contributed by atoms with Crippen molar-refractivity contribution in [1.82, 2.24) is 4.90 Å². The normalized spacial score (nSPS) is 18.7. The first-order chi connectivity index (χ1) is 13.9. The van der Waals surface area contributed by atoms with Gasteiger partial charge in [0.25, 0.3) is 15.9 Å². The predicted octanol–water partition coefficient (Wildman–Crippen LogP) is 4.00. The molecule has 6 nitrogen and oxygen atoms in total. The predicted molar refractivity (Wildman–Crippen MR) is 114 cm³/mol. The van der Waals surface area contributed by atoms with E-state index in [-0.39, 0.29) is 16.8 Å². The molecule has 0 N–H and O–H groups in total. The second-order valence-electron chi connectivity index (χ2n) is 7.63. The van der Waals surface area contributed by atoms with Gasteiger partial charge in [-0.15, -0.1) is 4.40 Å². The summed E-state index contributed by atoms with van der Waals surface area (Å²) in [6.45, 7) is 2.70. The smallest absolute Gasteiger partial charge is 0.286 e. The van der Waals surface area contributed by atoms with E-state index in [1.54, 1.807) is 24.1 Å². The molecule has 1 saturated heterocycles. The molecule has 1 amide bonds. The highest BCUT2D eigenvalue weighted by Gasteiger charge is 2.32. The molecule has 1 atom stereocenters. The third kappa shape index (κ3) is 3.67. The standard InChI is InChI=1S/C22H25N3O3S/c1-16(17-9-5-3-6-10-17)24(2)22(26)18-12-13-19-20(15-18)29(27,28)23-21-11-7-4-8-14-25(19)21/h3,5-6,9-10,12-13,15-16H,4,7-8,11,14H2,1-2H3/t16-/m0/s1. The lowest BCUT2D eigenvalue weighted by Crippen LogP contribution is -2.35. The Bertz CT molecular complexity index is 1060. The van der Waals surface area contributed by atoms with Crippen LogP contribution in [-0.4, -0.2) is 38.7 Å². The Labute approximate surface area is 171 Å². The molecule has 2 aliphatic heterocycles. The van der Waals surface area contributed by atoms with Gasteiger partial charge in [-0.2, -0.15) is 8.42 Å². The second-order valence-corrected chi connectivity index (χ2v) is 9.20. The van der Waals surface area contributed by atoms with Gasteiger partial charge < -0.3 is 9.80 Å². The number of carbonyl (C=O) groups is 1. The van der Waals surface area contributed by atoms with E-state index >= 15 is 0 Å². The molecule has 2 heterocycles. The van der Waals surface area contributed by atoms with Crippen LogP contribution in [0.4, 0.5) is 5.69 Å². The van der Waals surface area contributed by atoms with Crippen LogP contribution in [0.15, 0.2) is 57.8 Å². The molecule has 0 unspecified atom stereocenters. The first kappa shape index (κ1) is 19.6. The van der Waals surface area contributed by atoms with Crippen LogP contribution in [-0.2, 0) is 10.0 Å². The number of benzene rings is 2. The molecule has 0 bridgehead atoms. The minimum absolute atomic E-state index is 0.120. The summed E-state index contributed by atoms with van der Waals surface area (Å²) in [5.74, 6) is 0.397. The molecule has 29 heavy (non-hydrogen) atoms. The van der Waals surface area contributed by atoms with Crippen molar-refractivity contribution in [3.8, 4) is 0 Å². The van der Waals surface area contributed by atoms with E-state index in [2.05, 4.69) is 4.40 Å². The van der Waals surface area contributed by atoms with Gasteiger partial charge in [-0.05, 0) is 43.5 Å². The lowest BCUT2D eigenvalue weighted by molar-refractivity contribution is 0.0742. The van der Waals surface area contributed by atoms with E-state index in [1.807, 2.05) is 42.2 Å². The number of anilines is 1. The Kier molecular flexibility index (Phi) is 5.17. The molecule has 0 aliphatic carbocycles. The largest absolute Gasteiger partial charge is 0.335 e. The third-order valence-electron chi connectivity index (χ3n) is 5.78. The SMILES string of the molecule is C[C@@H](c1ccccc1)N(C)C(=O)c1ccc2c(c1)S(=O)(=O)N=C1CCCCCN12. The van der Waals surface area contributed by atoms with Crippen molar-refractivity contribution in [3.05, 3.63) is 59.7 Å². The number of carbonyl (C=O) groups excluding carboxylic acids is 1. The summed E-state index contributed by atoms with van der Waals surface area (Å²) in [6, 6.07) is 14.6. The molecule has 152 valence electrons. The maximum atomic E-state index is 13.1. The Morgan fingerprint density at radius 3 is 2.62 bits per heavy atom. The third-order valence-corrected chi connectivity index (χ3v) is 7.11. The van der Waals surface area contributed by atoms with Gasteiger partial charge in [-0.1, -0.05) is 36.8 Å². The fraction of sp³-hybridized carbons (Fsp3) is 0.364. The van der Waals surface area contributed by atoms with Crippen LogP contribution in [0.5, 0.6) is 0 Å². The quantitative estimate of drug-likeness (QED) is 0.765. The first-order valence-electron chi connectivity index (χ1n) is 9.96. The van der Waals surface area contributed by atoms with Crippen molar-refractivity contribution in [1.29, 1.82) is 0 Å². The lowest BCUT2D eigenvalue weighted by Gasteiger charge is -2.30. The zero-order chi connectivity index (χ0) is 20.6. The summed E-state index contributed by atoms with van der Waals surface area (Å²) in [5, 5.41) is 0. The molecular weight excluding hydrogens is 386 g/mol. The summed E-state index contributed by atoms with van der Waals surface area (Å²) in [4.78, 5) is 16.8. The number of rotatable bonds is 3. The minimum Gasteiger partial charge on any atom is -0.335 e. The zero-order valence-corrected chi connectivity index (χ0v) is 17.5. The van der Waals surface area contributed by atoms with Gasteiger partial charge in [-0.25, -0.2) is 0 Å². The minimum atomic E-state index is -3.81. The van der Waals surface area contributed by atoms with Gasteiger partial charge in [0.2, 0.25) is 0 Å². The van der Waals surface area contributed by atoms with Crippen LogP contribution in [0.1, 0.15) is 54.6 Å². The molecular formula is C22H25N3O3S. The summed E-state index contributed by atoms with van der Waals surface area (Å²) >= 11 is 0. The van der Waals surface area contributed by atoms with E-state index in [0.29, 0.717) is 23.5 Å². The maximum absolute atomic E-state index is 13.1. The molecule has 2 aliphatic rings. The van der Waals surface area contributed by atoms with Crippen LogP contribution in [0.2, 0.25) is 0 Å². The average molecular weight is 412 g/mol. The molecule has 1 fully saturated rings. The molecule has 2 aromatic rings. The van der Waals surface area contributed by atoms with Gasteiger partial charge in [0.15, 0.2) is 0 Å². The number of hydrogen-bond acceptors (Lipinski definition) is 4. The van der Waals surface area contributed by atoms with E-state index in [4.69, 9.17) is 0 Å². The molecule has 2 aromatic carbocycles. The second kappa shape index (κ2) is 7.63. The number of sulfonamides is 1. The highest BCUT2D eigenvalue weighted by atomic mass is 32.2. The van der Waals surface area contributed by atoms with Gasteiger partial charge in [0.05, 0.1) is 11.7 Å². The Hall–Kier alpha value is -2.67. The van der Waals surface area contributed by atoms with Gasteiger partial charge in [0, 0.05) is 25.6 Å². The topological polar surface area (TPSA) is 70.0 Å². The monoisotopic (exact) mass is 411 g/mol. The van der Waals surface area contributed by atoms with Crippen molar-refractivity contribution >= 4 is 27.5 Å². The maximum Gasteiger partial charge on any atom is 0.286 e. The number of hydrogen-bond donors (Lipinski definition) is 0. The summed E-state index contributed by atoms with van der Waals surface area (Å²) in [7, 11) is -2.07. The van der Waals surface area contributed by atoms with Crippen molar-refractivity contribution < 1.29 is 13.2 Å². The Morgan fingerprint density at radius 1 is 1.10 bits per heavy atom. The molecule has 0 radical (unpaired) electrons. The van der Waals surface area contributed by atoms with Crippen molar-refractivity contribution in [2.75, 3.05) is 18.5 Å². The van der Waals surface area contributed by atoms with E-state index in [9.17, 15) is 13.2 Å². The van der Waals surface area contributed by atoms with Crippen molar-refractivity contribution in [2.24, 2.45) is 4.40 Å². The van der Waals surface area contributed by atoms with Gasteiger partial charge in [-0.3, -0.25) is 4.79 Å². The van der Waals surface area contributed by atoms with Crippen LogP contribution < -0.4 is 4.90 Å². The summed E-state index contributed by atoms with van der Waals surface area (Å²) in [5.41, 5.74) is 2.01. The van der Waals surface area contributed by atoms with Crippen LogP contribution >= 0.6 is 0 Å². The highest BCUT2D eigenvalue weighted by molar-refractivity contribution is 7.90. The Balaban J connectivity index is 1.68. The zero-order valence-electron chi connectivity index (χ0n) is 16.7. The van der Waals surface area contributed by atoms with E-state index in [1.165, 1.54) is 6.07 Å². The fourth-order valence-electron chi connectivity index (χ4n) is 3.95. The van der Waals surface area contributed by atoms with Crippen molar-refractivity contribution in [3.63, 3.8) is 0 Å². The average Bonchev–Trinajstić information content (AvgIpc) is 2.97. The summed E-state index contributed by atoms with van der Waals surface area (Å²) in [6.07, 6.45) is 3.66. The van der Waals surface area contributed by atoms with Gasteiger partial charge in [0.1, 0.15) is 10.7 Å². The Morgan fingerprint density at radius 2 is 1.86 bits per heavy atom. The molecule has 0 saturated carbocycles. The fourth-order valence-corrected chi connectivity index (χ4v) is 5.23. The number of fused-ring (bicyclic) bond motifs is 3. The summed E-state index contributed by atoms with van der Waals surface area (Å²) < 4.78 is 29.7. The molecule has 7 heteroatoms. The number of amidine groups is 1. The molecule has 0 spiro atoms. The molecule has 0 aromatic heterocycles.